The van der Waals surface area contributed by atoms with Crippen molar-refractivity contribution in [2.45, 2.75) is 6.92 Å². The zero-order valence-electron chi connectivity index (χ0n) is 11.7. The Balaban J connectivity index is 2.52. The molecular weight excluding hydrogens is 314 g/mol. The number of rotatable bonds is 3. The first-order valence-electron chi connectivity index (χ1n) is 6.01. The lowest BCUT2D eigenvalue weighted by molar-refractivity contribution is 0.0976. The molecule has 1 amide bonds. The van der Waals surface area contributed by atoms with Gasteiger partial charge in [-0.15, -0.1) is 0 Å². The van der Waals surface area contributed by atoms with Crippen molar-refractivity contribution < 1.29 is 13.2 Å². The number of carbonyl (C=O) groups excluding carboxylic acids is 1. The molecule has 1 aromatic carbocycles. The topological polar surface area (TPSA) is 81.1 Å². The number of hydrogen-bond acceptors (Lipinski definition) is 4. The molecule has 2 rings (SSSR count). The maximum Gasteiger partial charge on any atom is 0.285 e. The summed E-state index contributed by atoms with van der Waals surface area (Å²) in [7, 11) is -1.91. The molecule has 21 heavy (non-hydrogen) atoms. The van der Waals surface area contributed by atoms with Gasteiger partial charge in [-0.05, 0) is 19.1 Å². The summed E-state index contributed by atoms with van der Waals surface area (Å²) in [5.41, 5.74) is 1.27. The zero-order chi connectivity index (χ0) is 15.8. The highest BCUT2D eigenvalue weighted by Crippen LogP contribution is 2.27. The van der Waals surface area contributed by atoms with E-state index in [2.05, 4.69) is 4.98 Å². The Labute approximate surface area is 127 Å². The molecule has 8 heteroatoms. The maximum absolute atomic E-state index is 12.0. The van der Waals surface area contributed by atoms with Crippen molar-refractivity contribution in [3.8, 4) is 11.4 Å². The van der Waals surface area contributed by atoms with Crippen LogP contribution in [0, 0.1) is 6.92 Å². The highest BCUT2D eigenvalue weighted by molar-refractivity contribution is 7.89. The van der Waals surface area contributed by atoms with Crippen molar-refractivity contribution in [1.29, 1.82) is 0 Å². The average Bonchev–Trinajstić information content (AvgIpc) is 2.65. The Morgan fingerprint density at radius 2 is 1.95 bits per heavy atom. The van der Waals surface area contributed by atoms with Gasteiger partial charge < -0.3 is 4.57 Å². The van der Waals surface area contributed by atoms with Crippen LogP contribution in [-0.2, 0) is 17.1 Å². The minimum atomic E-state index is -3.64. The lowest BCUT2D eigenvalue weighted by Gasteiger charge is -2.04. The molecule has 0 saturated heterocycles. The Bertz CT molecular complexity index is 812. The summed E-state index contributed by atoms with van der Waals surface area (Å²) < 4.78 is 25.9. The first kappa shape index (κ1) is 15.5. The Kier molecular flexibility index (Phi) is 4.06. The Hall–Kier alpha value is -1.86. The SMILES string of the molecule is Cc1c(C(=O)NS(C)(=O)=O)nc(-c2ccccc2Cl)n1C. The van der Waals surface area contributed by atoms with Gasteiger partial charge in [0.05, 0.1) is 11.3 Å². The molecule has 0 aliphatic rings. The number of aromatic nitrogens is 2. The summed E-state index contributed by atoms with van der Waals surface area (Å²) in [6, 6.07) is 7.10. The molecule has 0 aliphatic carbocycles. The van der Waals surface area contributed by atoms with Crippen LogP contribution >= 0.6 is 11.6 Å². The first-order chi connectivity index (χ1) is 9.70. The lowest BCUT2D eigenvalue weighted by Crippen LogP contribution is -2.30. The van der Waals surface area contributed by atoms with Crippen molar-refractivity contribution in [2.24, 2.45) is 7.05 Å². The number of amides is 1. The maximum atomic E-state index is 12.0. The van der Waals surface area contributed by atoms with E-state index in [1.165, 1.54) is 0 Å². The molecule has 0 unspecified atom stereocenters. The van der Waals surface area contributed by atoms with Gasteiger partial charge in [-0.2, -0.15) is 0 Å². The molecule has 1 N–H and O–H groups in total. The number of carbonyl (C=O) groups is 1. The van der Waals surface area contributed by atoms with E-state index in [4.69, 9.17) is 11.6 Å². The van der Waals surface area contributed by atoms with E-state index in [1.807, 2.05) is 10.8 Å². The second-order valence-corrected chi connectivity index (χ2v) is 6.77. The number of halogens is 1. The van der Waals surface area contributed by atoms with Crippen LogP contribution in [0.1, 0.15) is 16.2 Å². The molecule has 6 nitrogen and oxygen atoms in total. The van der Waals surface area contributed by atoms with Crippen LogP contribution in [0.2, 0.25) is 5.02 Å². The predicted molar refractivity (Wildman–Crippen MR) is 80.7 cm³/mol. The monoisotopic (exact) mass is 327 g/mol. The van der Waals surface area contributed by atoms with Gasteiger partial charge in [0.2, 0.25) is 10.0 Å². The third kappa shape index (κ3) is 3.25. The third-order valence-corrected chi connectivity index (χ3v) is 3.87. The van der Waals surface area contributed by atoms with Gasteiger partial charge >= 0.3 is 0 Å². The van der Waals surface area contributed by atoms with E-state index in [9.17, 15) is 13.2 Å². The van der Waals surface area contributed by atoms with E-state index in [0.717, 1.165) is 6.26 Å². The number of imidazole rings is 1. The van der Waals surface area contributed by atoms with Crippen LogP contribution < -0.4 is 4.72 Å². The van der Waals surface area contributed by atoms with Crippen molar-refractivity contribution in [3.63, 3.8) is 0 Å². The van der Waals surface area contributed by atoms with E-state index in [1.54, 1.807) is 36.7 Å². The lowest BCUT2D eigenvalue weighted by atomic mass is 10.2. The highest BCUT2D eigenvalue weighted by atomic mass is 35.5. The van der Waals surface area contributed by atoms with Crippen molar-refractivity contribution in [2.75, 3.05) is 6.26 Å². The smallest absolute Gasteiger partial charge is 0.285 e. The zero-order valence-corrected chi connectivity index (χ0v) is 13.3. The summed E-state index contributed by atoms with van der Waals surface area (Å²) in [5.74, 6) is -0.263. The molecular formula is C13H14ClN3O3S. The molecule has 0 radical (unpaired) electrons. The van der Waals surface area contributed by atoms with Crippen LogP contribution in [-0.4, -0.2) is 30.1 Å². The van der Waals surface area contributed by atoms with Crippen LogP contribution in [0.4, 0.5) is 0 Å². The molecule has 0 fully saturated rings. The standard InChI is InChI=1S/C13H14ClN3O3S/c1-8-11(13(18)16-21(3,19)20)15-12(17(8)2)9-6-4-5-7-10(9)14/h4-7H,1-3H3,(H,16,18). The molecule has 2 aromatic rings. The van der Waals surface area contributed by atoms with Gasteiger partial charge in [0.15, 0.2) is 5.69 Å². The van der Waals surface area contributed by atoms with E-state index in [-0.39, 0.29) is 5.69 Å². The Morgan fingerprint density at radius 1 is 1.33 bits per heavy atom. The summed E-state index contributed by atoms with van der Waals surface area (Å²) in [4.78, 5) is 16.2. The van der Waals surface area contributed by atoms with Gasteiger partial charge in [0.25, 0.3) is 5.91 Å². The molecule has 0 spiro atoms. The fourth-order valence-corrected chi connectivity index (χ4v) is 2.55. The van der Waals surface area contributed by atoms with Crippen LogP contribution in [0.5, 0.6) is 0 Å². The van der Waals surface area contributed by atoms with Crippen molar-refractivity contribution in [3.05, 3.63) is 40.7 Å². The molecule has 1 heterocycles. The minimum Gasteiger partial charge on any atom is -0.331 e. The second kappa shape index (κ2) is 5.50. The number of nitrogens with one attached hydrogen (secondary N) is 1. The predicted octanol–water partition coefficient (Wildman–Crippen LogP) is 1.74. The molecule has 0 saturated carbocycles. The quantitative estimate of drug-likeness (QED) is 0.931. The van der Waals surface area contributed by atoms with Crippen LogP contribution in [0.3, 0.4) is 0 Å². The molecule has 0 atom stereocenters. The summed E-state index contributed by atoms with van der Waals surface area (Å²) in [6.07, 6.45) is 0.915. The van der Waals surface area contributed by atoms with E-state index >= 15 is 0 Å². The molecule has 1 aromatic heterocycles. The minimum absolute atomic E-state index is 0.0536. The fourth-order valence-electron chi connectivity index (χ4n) is 1.89. The van der Waals surface area contributed by atoms with Gasteiger partial charge in [0.1, 0.15) is 5.82 Å². The molecule has 112 valence electrons. The normalized spacial score (nSPS) is 11.4. The fraction of sp³-hybridized carbons (Fsp3) is 0.231. The average molecular weight is 328 g/mol. The van der Waals surface area contributed by atoms with Gasteiger partial charge in [-0.3, -0.25) is 4.79 Å². The van der Waals surface area contributed by atoms with E-state index < -0.39 is 15.9 Å². The van der Waals surface area contributed by atoms with Gasteiger partial charge in [-0.1, -0.05) is 23.7 Å². The third-order valence-electron chi connectivity index (χ3n) is 2.99. The van der Waals surface area contributed by atoms with Crippen LogP contribution in [0.15, 0.2) is 24.3 Å². The largest absolute Gasteiger partial charge is 0.331 e. The summed E-state index contributed by atoms with van der Waals surface area (Å²) in [6.45, 7) is 1.69. The molecule has 0 aliphatic heterocycles. The number of sulfonamides is 1. The molecule has 0 bridgehead atoms. The summed E-state index contributed by atoms with van der Waals surface area (Å²) >= 11 is 6.13. The van der Waals surface area contributed by atoms with E-state index in [0.29, 0.717) is 22.1 Å². The van der Waals surface area contributed by atoms with Gasteiger partial charge in [-0.25, -0.2) is 18.1 Å². The highest BCUT2D eigenvalue weighted by Gasteiger charge is 2.21. The number of benzene rings is 1. The van der Waals surface area contributed by atoms with Gasteiger partial charge in [0, 0.05) is 18.3 Å². The van der Waals surface area contributed by atoms with Crippen LogP contribution in [0.25, 0.3) is 11.4 Å². The van der Waals surface area contributed by atoms with Crippen molar-refractivity contribution >= 4 is 27.5 Å². The Morgan fingerprint density at radius 3 is 2.52 bits per heavy atom. The first-order valence-corrected chi connectivity index (χ1v) is 8.28. The summed E-state index contributed by atoms with van der Waals surface area (Å²) in [5, 5.41) is 0.501. The second-order valence-electron chi connectivity index (χ2n) is 4.61. The number of nitrogens with zero attached hydrogens (tertiary/aromatic N) is 2. The number of hydrogen-bond donors (Lipinski definition) is 1. The van der Waals surface area contributed by atoms with Crippen molar-refractivity contribution in [1.82, 2.24) is 14.3 Å².